The molecule has 0 aliphatic heterocycles. The molecule has 122 valence electrons. The fraction of sp³-hybridized carbons (Fsp3) is 0.0714. The predicted molar refractivity (Wildman–Crippen MR) is 94.9 cm³/mol. The van der Waals surface area contributed by atoms with E-state index < -0.39 is 4.92 Å². The number of anilines is 1. The molecule has 3 aromatic rings. The van der Waals surface area contributed by atoms with Crippen LogP contribution in [0.3, 0.4) is 0 Å². The summed E-state index contributed by atoms with van der Waals surface area (Å²) in [4.78, 5) is 30.6. The lowest BCUT2D eigenvalue weighted by Gasteiger charge is -2.06. The van der Waals surface area contributed by atoms with Crippen molar-refractivity contribution in [2.45, 2.75) is 5.03 Å². The summed E-state index contributed by atoms with van der Waals surface area (Å²) in [5.74, 6) is -0.166. The van der Waals surface area contributed by atoms with Crippen LogP contribution in [0.1, 0.15) is 0 Å². The topological polar surface area (TPSA) is 98.0 Å². The Hall–Kier alpha value is -2.23. The van der Waals surface area contributed by atoms with E-state index in [0.29, 0.717) is 5.69 Å². The minimum Gasteiger partial charge on any atom is -0.325 e. The number of hydrogen-bond acceptors (Lipinski definition) is 7. The average molecular weight is 381 g/mol. The zero-order valence-corrected chi connectivity index (χ0v) is 14.3. The van der Waals surface area contributed by atoms with Gasteiger partial charge in [-0.2, -0.15) is 0 Å². The molecule has 0 radical (unpaired) electrons. The second kappa shape index (κ2) is 7.12. The number of carbonyl (C=O) groups excluding carboxylic acids is 1. The first-order valence-corrected chi connectivity index (χ1v) is 8.83. The lowest BCUT2D eigenvalue weighted by atomic mass is 10.3. The van der Waals surface area contributed by atoms with Gasteiger partial charge in [0.1, 0.15) is 16.4 Å². The van der Waals surface area contributed by atoms with Crippen molar-refractivity contribution in [3.8, 4) is 0 Å². The number of halogens is 1. The number of nitro benzene ring substituents is 1. The molecule has 0 unspecified atom stereocenters. The van der Waals surface area contributed by atoms with Gasteiger partial charge in [0.25, 0.3) is 5.69 Å². The smallest absolute Gasteiger partial charge is 0.289 e. The van der Waals surface area contributed by atoms with Crippen LogP contribution in [0.25, 0.3) is 10.2 Å². The Kier molecular flexibility index (Phi) is 4.93. The summed E-state index contributed by atoms with van der Waals surface area (Å²) in [7, 11) is 0. The Morgan fingerprint density at radius 2 is 2.21 bits per heavy atom. The Morgan fingerprint density at radius 3 is 3.00 bits per heavy atom. The first-order valence-electron chi connectivity index (χ1n) is 6.59. The van der Waals surface area contributed by atoms with E-state index in [0.717, 1.165) is 15.2 Å². The molecule has 0 saturated heterocycles. The quantitative estimate of drug-likeness (QED) is 0.311. The van der Waals surface area contributed by atoms with Gasteiger partial charge >= 0.3 is 0 Å². The third-order valence-electron chi connectivity index (χ3n) is 2.98. The van der Waals surface area contributed by atoms with Crippen LogP contribution < -0.4 is 5.32 Å². The third-order valence-corrected chi connectivity index (χ3v) is 5.33. The van der Waals surface area contributed by atoms with Gasteiger partial charge < -0.3 is 5.32 Å². The monoisotopic (exact) mass is 380 g/mol. The number of nitrogens with zero attached hydrogens (tertiary/aromatic N) is 3. The number of thiophene rings is 1. The number of aromatic nitrogens is 2. The summed E-state index contributed by atoms with van der Waals surface area (Å²) in [5, 5.41) is 16.1. The molecule has 0 fully saturated rings. The SMILES string of the molecule is O=C(CSc1ncnc2ccsc12)Nc1ccc(Cl)c([N+](=O)[O-])c1. The van der Waals surface area contributed by atoms with Crippen LogP contribution in [0.15, 0.2) is 41.0 Å². The van der Waals surface area contributed by atoms with Gasteiger partial charge in [0.05, 0.1) is 20.9 Å². The molecule has 0 spiro atoms. The fourth-order valence-corrected chi connectivity index (χ4v) is 3.86. The van der Waals surface area contributed by atoms with Crippen LogP contribution in [0.2, 0.25) is 5.02 Å². The van der Waals surface area contributed by atoms with Gasteiger partial charge in [-0.25, -0.2) is 9.97 Å². The van der Waals surface area contributed by atoms with Crippen LogP contribution in [0.5, 0.6) is 0 Å². The van der Waals surface area contributed by atoms with Gasteiger partial charge in [0.2, 0.25) is 5.91 Å². The molecule has 7 nitrogen and oxygen atoms in total. The van der Waals surface area contributed by atoms with Gasteiger partial charge in [-0.05, 0) is 23.6 Å². The Morgan fingerprint density at radius 1 is 1.38 bits per heavy atom. The summed E-state index contributed by atoms with van der Waals surface area (Å²) in [5.41, 5.74) is 0.908. The third kappa shape index (κ3) is 3.64. The highest BCUT2D eigenvalue weighted by Crippen LogP contribution is 2.29. The van der Waals surface area contributed by atoms with E-state index in [1.54, 1.807) is 0 Å². The predicted octanol–water partition coefficient (Wildman–Crippen LogP) is 3.98. The first kappa shape index (κ1) is 16.6. The summed E-state index contributed by atoms with van der Waals surface area (Å²) in [6.07, 6.45) is 1.46. The summed E-state index contributed by atoms with van der Waals surface area (Å²) in [6, 6.07) is 6.01. The molecule has 3 rings (SSSR count). The maximum absolute atomic E-state index is 12.1. The largest absolute Gasteiger partial charge is 0.325 e. The lowest BCUT2D eigenvalue weighted by molar-refractivity contribution is -0.384. The van der Waals surface area contributed by atoms with Crippen LogP contribution in [-0.4, -0.2) is 26.6 Å². The number of benzene rings is 1. The van der Waals surface area contributed by atoms with Crippen molar-refractivity contribution < 1.29 is 9.72 Å². The van der Waals surface area contributed by atoms with Crippen molar-refractivity contribution in [2.24, 2.45) is 0 Å². The molecule has 1 N–H and O–H groups in total. The van der Waals surface area contributed by atoms with Crippen molar-refractivity contribution >= 4 is 62.2 Å². The van der Waals surface area contributed by atoms with Crippen molar-refractivity contribution in [3.05, 3.63) is 51.1 Å². The number of nitrogens with one attached hydrogen (secondary N) is 1. The Bertz CT molecular complexity index is 931. The average Bonchev–Trinajstić information content (AvgIpc) is 3.03. The zero-order chi connectivity index (χ0) is 17.1. The molecule has 0 bridgehead atoms. The number of amides is 1. The number of thioether (sulfide) groups is 1. The lowest BCUT2D eigenvalue weighted by Crippen LogP contribution is -2.14. The van der Waals surface area contributed by atoms with Gasteiger partial charge in [0.15, 0.2) is 0 Å². The zero-order valence-electron chi connectivity index (χ0n) is 11.9. The maximum Gasteiger partial charge on any atom is 0.289 e. The van der Waals surface area contributed by atoms with E-state index >= 15 is 0 Å². The molecular formula is C14H9ClN4O3S2. The number of rotatable bonds is 5. The molecule has 0 aliphatic rings. The molecular weight excluding hydrogens is 372 g/mol. The molecule has 0 atom stereocenters. The van der Waals surface area contributed by atoms with Crippen LogP contribution in [0, 0.1) is 10.1 Å². The minimum atomic E-state index is -0.596. The van der Waals surface area contributed by atoms with E-state index in [1.807, 2.05) is 11.4 Å². The molecule has 1 amide bonds. The van der Waals surface area contributed by atoms with E-state index in [2.05, 4.69) is 15.3 Å². The van der Waals surface area contributed by atoms with Crippen LogP contribution in [-0.2, 0) is 4.79 Å². The van der Waals surface area contributed by atoms with E-state index in [4.69, 9.17) is 11.6 Å². The number of fused-ring (bicyclic) bond motifs is 1. The highest BCUT2D eigenvalue weighted by molar-refractivity contribution is 8.00. The summed E-state index contributed by atoms with van der Waals surface area (Å²) < 4.78 is 0.928. The second-order valence-corrected chi connectivity index (χ2v) is 6.86. The van der Waals surface area contributed by atoms with Gasteiger partial charge in [-0.3, -0.25) is 14.9 Å². The number of carbonyl (C=O) groups is 1. The molecule has 24 heavy (non-hydrogen) atoms. The van der Waals surface area contributed by atoms with Crippen LogP contribution >= 0.6 is 34.7 Å². The van der Waals surface area contributed by atoms with Crippen molar-refractivity contribution in [3.63, 3.8) is 0 Å². The second-order valence-electron chi connectivity index (χ2n) is 4.57. The summed E-state index contributed by atoms with van der Waals surface area (Å²) >= 11 is 8.53. The highest BCUT2D eigenvalue weighted by Gasteiger charge is 2.14. The molecule has 0 aliphatic carbocycles. The Labute approximate surface area is 149 Å². The van der Waals surface area contributed by atoms with Crippen LogP contribution in [0.4, 0.5) is 11.4 Å². The fourth-order valence-electron chi connectivity index (χ4n) is 1.93. The van der Waals surface area contributed by atoms with Crippen molar-refractivity contribution in [1.29, 1.82) is 0 Å². The molecule has 2 heterocycles. The minimum absolute atomic E-state index is 0.0217. The van der Waals surface area contributed by atoms with Gasteiger partial charge in [0, 0.05) is 11.8 Å². The van der Waals surface area contributed by atoms with E-state index in [9.17, 15) is 14.9 Å². The molecule has 10 heteroatoms. The van der Waals surface area contributed by atoms with Gasteiger partial charge in [-0.1, -0.05) is 23.4 Å². The Balaban J connectivity index is 1.67. The number of nitro groups is 1. The van der Waals surface area contributed by atoms with Crippen molar-refractivity contribution in [2.75, 3.05) is 11.1 Å². The maximum atomic E-state index is 12.1. The number of hydrogen-bond donors (Lipinski definition) is 1. The van der Waals surface area contributed by atoms with Gasteiger partial charge in [-0.15, -0.1) is 11.3 Å². The summed E-state index contributed by atoms with van der Waals surface area (Å²) in [6.45, 7) is 0. The van der Waals surface area contributed by atoms with E-state index in [1.165, 1.54) is 47.6 Å². The normalized spacial score (nSPS) is 10.7. The van der Waals surface area contributed by atoms with Crippen molar-refractivity contribution in [1.82, 2.24) is 9.97 Å². The van der Waals surface area contributed by atoms with E-state index in [-0.39, 0.29) is 22.4 Å². The molecule has 1 aromatic carbocycles. The molecule has 0 saturated carbocycles. The standard InChI is InChI=1S/C14H9ClN4O3S2/c15-9-2-1-8(5-11(9)19(21)22)18-12(20)6-24-14-13-10(3-4-23-13)16-7-17-14/h1-5,7H,6H2,(H,18,20). The first-order chi connectivity index (χ1) is 11.5. The highest BCUT2D eigenvalue weighted by atomic mass is 35.5. The molecule has 2 aromatic heterocycles.